The molecule has 1 aliphatic rings. The fourth-order valence-electron chi connectivity index (χ4n) is 3.02. The van der Waals surface area contributed by atoms with Crippen LogP contribution in [0.1, 0.15) is 38.9 Å². The molecule has 3 atom stereocenters. The highest BCUT2D eigenvalue weighted by Crippen LogP contribution is 2.38. The van der Waals surface area contributed by atoms with Gasteiger partial charge in [-0.05, 0) is 38.3 Å². The van der Waals surface area contributed by atoms with Crippen LogP contribution in [0.25, 0.3) is 0 Å². The van der Waals surface area contributed by atoms with Gasteiger partial charge in [-0.1, -0.05) is 13.0 Å². The monoisotopic (exact) mass is 249 g/mol. The molecule has 3 nitrogen and oxygen atoms in total. The number of nitrogens with zero attached hydrogens (tertiary/aromatic N) is 1. The lowest BCUT2D eigenvalue weighted by Crippen LogP contribution is -2.28. The fraction of sp³-hybridized carbons (Fsp3) is 0.600. The molecule has 0 bridgehead atoms. The molecule has 0 radical (unpaired) electrons. The standard InChI is InChI=1S/C15H23NO2/c1-10-8-11(2)16(9-10)13-6-5-7-14(18-4)15(13)12(3)17/h5-7,10-12,17H,8-9H2,1-4H3/t10?,11?,12-/m0/s1. The van der Waals surface area contributed by atoms with Gasteiger partial charge in [0.15, 0.2) is 0 Å². The Hall–Kier alpha value is -1.22. The van der Waals surface area contributed by atoms with Crippen LogP contribution in [0, 0.1) is 5.92 Å². The second-order valence-corrected chi connectivity index (χ2v) is 5.41. The molecule has 2 rings (SSSR count). The molecule has 1 N–H and O–H groups in total. The van der Waals surface area contributed by atoms with Gasteiger partial charge in [-0.25, -0.2) is 0 Å². The number of methoxy groups -OCH3 is 1. The fourth-order valence-corrected chi connectivity index (χ4v) is 3.02. The van der Waals surface area contributed by atoms with Crippen molar-refractivity contribution in [3.8, 4) is 5.75 Å². The molecule has 100 valence electrons. The third-order valence-electron chi connectivity index (χ3n) is 3.77. The van der Waals surface area contributed by atoms with E-state index in [0.29, 0.717) is 12.0 Å². The van der Waals surface area contributed by atoms with Gasteiger partial charge < -0.3 is 14.7 Å². The molecule has 0 spiro atoms. The third-order valence-corrected chi connectivity index (χ3v) is 3.77. The maximum Gasteiger partial charge on any atom is 0.126 e. The van der Waals surface area contributed by atoms with Gasteiger partial charge in [-0.3, -0.25) is 0 Å². The normalized spacial score (nSPS) is 25.3. The Morgan fingerprint density at radius 2 is 2.11 bits per heavy atom. The van der Waals surface area contributed by atoms with Crippen LogP contribution in [0.15, 0.2) is 18.2 Å². The van der Waals surface area contributed by atoms with Crippen LogP contribution in [0.5, 0.6) is 5.75 Å². The molecule has 1 aromatic carbocycles. The first kappa shape index (κ1) is 13.2. The zero-order chi connectivity index (χ0) is 13.3. The molecule has 2 unspecified atom stereocenters. The summed E-state index contributed by atoms with van der Waals surface area (Å²) in [7, 11) is 1.65. The summed E-state index contributed by atoms with van der Waals surface area (Å²) in [5.41, 5.74) is 2.02. The lowest BCUT2D eigenvalue weighted by Gasteiger charge is -2.28. The number of rotatable bonds is 3. The highest BCUT2D eigenvalue weighted by Gasteiger charge is 2.29. The first-order valence-electron chi connectivity index (χ1n) is 6.66. The highest BCUT2D eigenvalue weighted by atomic mass is 16.5. The Bertz CT molecular complexity index is 417. The Morgan fingerprint density at radius 1 is 1.39 bits per heavy atom. The molecule has 0 amide bonds. The van der Waals surface area contributed by atoms with Crippen molar-refractivity contribution in [2.75, 3.05) is 18.6 Å². The Kier molecular flexibility index (Phi) is 3.81. The molecule has 1 heterocycles. The lowest BCUT2D eigenvalue weighted by atomic mass is 10.1. The van der Waals surface area contributed by atoms with Crippen molar-refractivity contribution in [2.24, 2.45) is 5.92 Å². The predicted octanol–water partition coefficient (Wildman–Crippen LogP) is 2.98. The van der Waals surface area contributed by atoms with Gasteiger partial charge in [-0.2, -0.15) is 0 Å². The van der Waals surface area contributed by atoms with Crippen LogP contribution in [0.2, 0.25) is 0 Å². The second-order valence-electron chi connectivity index (χ2n) is 5.41. The van der Waals surface area contributed by atoms with Crippen LogP contribution in [-0.4, -0.2) is 24.8 Å². The molecular weight excluding hydrogens is 226 g/mol. The van der Waals surface area contributed by atoms with E-state index >= 15 is 0 Å². The summed E-state index contributed by atoms with van der Waals surface area (Å²) in [5, 5.41) is 10.0. The number of anilines is 1. The summed E-state index contributed by atoms with van der Waals surface area (Å²) in [6.07, 6.45) is 0.690. The minimum absolute atomic E-state index is 0.515. The zero-order valence-electron chi connectivity index (χ0n) is 11.7. The van der Waals surface area contributed by atoms with E-state index in [2.05, 4.69) is 24.8 Å². The summed E-state index contributed by atoms with van der Waals surface area (Å²) in [6.45, 7) is 7.37. The van der Waals surface area contributed by atoms with Crippen molar-refractivity contribution in [1.29, 1.82) is 0 Å². The Labute approximate surface area is 109 Å². The second kappa shape index (κ2) is 5.19. The summed E-state index contributed by atoms with van der Waals surface area (Å²) in [4.78, 5) is 2.38. The lowest BCUT2D eigenvalue weighted by molar-refractivity contribution is 0.194. The van der Waals surface area contributed by atoms with Crippen molar-refractivity contribution in [1.82, 2.24) is 0 Å². The number of ether oxygens (including phenoxy) is 1. The van der Waals surface area contributed by atoms with E-state index in [1.54, 1.807) is 14.0 Å². The molecule has 0 saturated carbocycles. The van der Waals surface area contributed by atoms with Gasteiger partial charge in [-0.15, -0.1) is 0 Å². The molecule has 3 heteroatoms. The smallest absolute Gasteiger partial charge is 0.126 e. The minimum atomic E-state index is -0.515. The SMILES string of the molecule is COc1cccc(N2CC(C)CC2C)c1[C@H](C)O. The Balaban J connectivity index is 2.44. The predicted molar refractivity (Wildman–Crippen MR) is 74.2 cm³/mol. The van der Waals surface area contributed by atoms with E-state index in [-0.39, 0.29) is 0 Å². The van der Waals surface area contributed by atoms with Crippen LogP contribution < -0.4 is 9.64 Å². The van der Waals surface area contributed by atoms with Gasteiger partial charge in [0.2, 0.25) is 0 Å². The van der Waals surface area contributed by atoms with Crippen molar-refractivity contribution < 1.29 is 9.84 Å². The van der Waals surface area contributed by atoms with Crippen LogP contribution >= 0.6 is 0 Å². The molecule has 1 aliphatic heterocycles. The largest absolute Gasteiger partial charge is 0.496 e. The quantitative estimate of drug-likeness (QED) is 0.894. The average molecular weight is 249 g/mol. The number of aliphatic hydroxyl groups is 1. The highest BCUT2D eigenvalue weighted by molar-refractivity contribution is 5.61. The topological polar surface area (TPSA) is 32.7 Å². The molecule has 1 saturated heterocycles. The molecule has 0 aromatic heterocycles. The van der Waals surface area contributed by atoms with E-state index in [1.165, 1.54) is 6.42 Å². The maximum absolute atomic E-state index is 10.0. The molecular formula is C15H23NO2. The van der Waals surface area contributed by atoms with E-state index < -0.39 is 6.10 Å². The average Bonchev–Trinajstić information content (AvgIpc) is 2.67. The third kappa shape index (κ3) is 2.32. The Morgan fingerprint density at radius 3 is 2.61 bits per heavy atom. The first-order chi connectivity index (χ1) is 8.54. The summed E-state index contributed by atoms with van der Waals surface area (Å²) in [5.74, 6) is 1.47. The van der Waals surface area contributed by atoms with Gasteiger partial charge in [0.25, 0.3) is 0 Å². The van der Waals surface area contributed by atoms with E-state index in [9.17, 15) is 5.11 Å². The molecule has 18 heavy (non-hydrogen) atoms. The van der Waals surface area contributed by atoms with Gasteiger partial charge in [0.1, 0.15) is 5.75 Å². The van der Waals surface area contributed by atoms with E-state index in [0.717, 1.165) is 23.5 Å². The van der Waals surface area contributed by atoms with Crippen molar-refractivity contribution in [3.05, 3.63) is 23.8 Å². The van der Waals surface area contributed by atoms with E-state index in [4.69, 9.17) is 4.74 Å². The number of hydrogen-bond acceptors (Lipinski definition) is 3. The van der Waals surface area contributed by atoms with Gasteiger partial charge >= 0.3 is 0 Å². The molecule has 0 aliphatic carbocycles. The number of aliphatic hydroxyl groups excluding tert-OH is 1. The van der Waals surface area contributed by atoms with E-state index in [1.807, 2.05) is 12.1 Å². The van der Waals surface area contributed by atoms with Crippen LogP contribution in [-0.2, 0) is 0 Å². The maximum atomic E-state index is 10.0. The minimum Gasteiger partial charge on any atom is -0.496 e. The van der Waals surface area contributed by atoms with Gasteiger partial charge in [0, 0.05) is 23.8 Å². The number of hydrogen-bond donors (Lipinski definition) is 1. The van der Waals surface area contributed by atoms with Crippen molar-refractivity contribution >= 4 is 5.69 Å². The van der Waals surface area contributed by atoms with Gasteiger partial charge in [0.05, 0.1) is 13.2 Å². The summed E-state index contributed by atoms with van der Waals surface area (Å²) < 4.78 is 5.38. The van der Waals surface area contributed by atoms with Crippen LogP contribution in [0.4, 0.5) is 5.69 Å². The zero-order valence-corrected chi connectivity index (χ0v) is 11.7. The van der Waals surface area contributed by atoms with Crippen LogP contribution in [0.3, 0.4) is 0 Å². The summed E-state index contributed by atoms with van der Waals surface area (Å²) >= 11 is 0. The number of benzene rings is 1. The first-order valence-corrected chi connectivity index (χ1v) is 6.66. The molecule has 1 fully saturated rings. The van der Waals surface area contributed by atoms with Crippen molar-refractivity contribution in [3.63, 3.8) is 0 Å². The van der Waals surface area contributed by atoms with Crippen molar-refractivity contribution in [2.45, 2.75) is 39.3 Å². The summed E-state index contributed by atoms with van der Waals surface area (Å²) in [6, 6.07) is 6.51. The molecule has 1 aromatic rings.